The molecule has 0 fully saturated rings. The third-order valence-electron chi connectivity index (χ3n) is 2.80. The van der Waals surface area contributed by atoms with E-state index in [9.17, 15) is 0 Å². The van der Waals surface area contributed by atoms with Crippen LogP contribution >= 0.6 is 11.6 Å². The largest absolute Gasteiger partial charge is 0.497 e. The molecule has 2 rings (SSSR count). The smallest absolute Gasteiger partial charge is 0.137 e. The summed E-state index contributed by atoms with van der Waals surface area (Å²) in [6, 6.07) is 14.9. The first-order valence-electron chi connectivity index (χ1n) is 6.00. The maximum Gasteiger partial charge on any atom is 0.137 e. The lowest BCUT2D eigenvalue weighted by molar-refractivity contribution is 0.214. The van der Waals surface area contributed by atoms with E-state index >= 15 is 0 Å². The lowest BCUT2D eigenvalue weighted by atomic mass is 10.1. The predicted octanol–water partition coefficient (Wildman–Crippen LogP) is 3.43. The number of hydrogen-bond acceptors (Lipinski definition) is 3. The predicted molar refractivity (Wildman–Crippen MR) is 76.9 cm³/mol. The van der Waals surface area contributed by atoms with E-state index in [4.69, 9.17) is 26.8 Å². The molecule has 0 aliphatic carbocycles. The van der Waals surface area contributed by atoms with Crippen LogP contribution in [0.1, 0.15) is 11.7 Å². The second-order valence-electron chi connectivity index (χ2n) is 4.04. The van der Waals surface area contributed by atoms with Crippen LogP contribution < -0.4 is 15.2 Å². The van der Waals surface area contributed by atoms with Gasteiger partial charge in [0.15, 0.2) is 0 Å². The summed E-state index contributed by atoms with van der Waals surface area (Å²) in [6.07, 6.45) is -0.262. The lowest BCUT2D eigenvalue weighted by Gasteiger charge is -2.19. The SMILES string of the molecule is COc1ccc(OC(CN)c2ccccc2Cl)cc1. The molecular formula is C15H16ClNO2. The molecule has 19 heavy (non-hydrogen) atoms. The molecule has 100 valence electrons. The zero-order valence-electron chi connectivity index (χ0n) is 10.7. The minimum Gasteiger partial charge on any atom is -0.497 e. The zero-order chi connectivity index (χ0) is 13.7. The van der Waals surface area contributed by atoms with Crippen LogP contribution in [0.25, 0.3) is 0 Å². The Morgan fingerprint density at radius 3 is 2.26 bits per heavy atom. The van der Waals surface area contributed by atoms with Crippen molar-refractivity contribution in [1.29, 1.82) is 0 Å². The quantitative estimate of drug-likeness (QED) is 0.911. The Bertz CT molecular complexity index is 528. The van der Waals surface area contributed by atoms with Crippen LogP contribution in [0.3, 0.4) is 0 Å². The minimum atomic E-state index is -0.262. The Balaban J connectivity index is 2.17. The summed E-state index contributed by atoms with van der Waals surface area (Å²) in [4.78, 5) is 0. The highest BCUT2D eigenvalue weighted by atomic mass is 35.5. The van der Waals surface area contributed by atoms with Crippen molar-refractivity contribution in [3.05, 3.63) is 59.1 Å². The maximum atomic E-state index is 6.16. The molecule has 4 heteroatoms. The Labute approximate surface area is 117 Å². The van der Waals surface area contributed by atoms with Crippen LogP contribution in [-0.2, 0) is 0 Å². The van der Waals surface area contributed by atoms with Crippen molar-refractivity contribution >= 4 is 11.6 Å². The van der Waals surface area contributed by atoms with Crippen LogP contribution in [0, 0.1) is 0 Å². The average Bonchev–Trinajstić information content (AvgIpc) is 2.46. The third-order valence-corrected chi connectivity index (χ3v) is 3.15. The second-order valence-corrected chi connectivity index (χ2v) is 4.45. The molecule has 0 aliphatic rings. The molecule has 0 saturated heterocycles. The first-order chi connectivity index (χ1) is 9.24. The van der Waals surface area contributed by atoms with Gasteiger partial charge in [0.2, 0.25) is 0 Å². The first kappa shape index (κ1) is 13.7. The van der Waals surface area contributed by atoms with Crippen LogP contribution in [0.5, 0.6) is 11.5 Å². The topological polar surface area (TPSA) is 44.5 Å². The fourth-order valence-corrected chi connectivity index (χ4v) is 2.05. The normalized spacial score (nSPS) is 11.9. The summed E-state index contributed by atoms with van der Waals surface area (Å²) in [6.45, 7) is 0.357. The molecular weight excluding hydrogens is 262 g/mol. The molecule has 0 aliphatic heterocycles. The van der Waals surface area contributed by atoms with Crippen molar-refractivity contribution in [1.82, 2.24) is 0 Å². The van der Waals surface area contributed by atoms with Gasteiger partial charge >= 0.3 is 0 Å². The zero-order valence-corrected chi connectivity index (χ0v) is 11.4. The van der Waals surface area contributed by atoms with E-state index in [2.05, 4.69) is 0 Å². The number of nitrogens with two attached hydrogens (primary N) is 1. The van der Waals surface area contributed by atoms with E-state index in [0.717, 1.165) is 17.1 Å². The molecule has 0 amide bonds. The molecule has 2 N–H and O–H groups in total. The van der Waals surface area contributed by atoms with Crippen LogP contribution in [-0.4, -0.2) is 13.7 Å². The monoisotopic (exact) mass is 277 g/mol. The molecule has 1 unspecified atom stereocenters. The number of halogens is 1. The van der Waals surface area contributed by atoms with Gasteiger partial charge < -0.3 is 15.2 Å². The molecule has 2 aromatic carbocycles. The van der Waals surface area contributed by atoms with Gasteiger partial charge in [-0.05, 0) is 30.3 Å². The maximum absolute atomic E-state index is 6.16. The van der Waals surface area contributed by atoms with E-state index in [1.165, 1.54) is 0 Å². The van der Waals surface area contributed by atoms with Gasteiger partial charge in [-0.1, -0.05) is 29.8 Å². The van der Waals surface area contributed by atoms with Gasteiger partial charge in [-0.3, -0.25) is 0 Å². The van der Waals surface area contributed by atoms with Crippen molar-refractivity contribution in [3.8, 4) is 11.5 Å². The highest BCUT2D eigenvalue weighted by molar-refractivity contribution is 6.31. The van der Waals surface area contributed by atoms with Gasteiger partial charge in [0.1, 0.15) is 17.6 Å². The van der Waals surface area contributed by atoms with E-state index in [-0.39, 0.29) is 6.10 Å². The molecule has 0 aromatic heterocycles. The van der Waals surface area contributed by atoms with Gasteiger partial charge in [-0.2, -0.15) is 0 Å². The number of hydrogen-bond donors (Lipinski definition) is 1. The minimum absolute atomic E-state index is 0.262. The Kier molecular flexibility index (Phi) is 4.66. The Morgan fingerprint density at radius 1 is 1.05 bits per heavy atom. The Hall–Kier alpha value is -1.71. The van der Waals surface area contributed by atoms with Gasteiger partial charge in [0.05, 0.1) is 7.11 Å². The number of methoxy groups -OCH3 is 1. The molecule has 0 bridgehead atoms. The molecule has 0 radical (unpaired) electrons. The third kappa shape index (κ3) is 3.40. The first-order valence-corrected chi connectivity index (χ1v) is 6.37. The summed E-state index contributed by atoms with van der Waals surface area (Å²) in [5, 5.41) is 0.659. The van der Waals surface area contributed by atoms with Gasteiger partial charge in [-0.25, -0.2) is 0 Å². The van der Waals surface area contributed by atoms with Gasteiger partial charge in [-0.15, -0.1) is 0 Å². The number of benzene rings is 2. The van der Waals surface area contributed by atoms with E-state index < -0.39 is 0 Å². The molecule has 0 spiro atoms. The van der Waals surface area contributed by atoms with E-state index in [1.54, 1.807) is 7.11 Å². The van der Waals surface area contributed by atoms with Crippen molar-refractivity contribution in [2.24, 2.45) is 5.73 Å². The summed E-state index contributed by atoms with van der Waals surface area (Å²) in [7, 11) is 1.63. The summed E-state index contributed by atoms with van der Waals surface area (Å²) in [5.41, 5.74) is 6.66. The Morgan fingerprint density at radius 2 is 1.68 bits per heavy atom. The average molecular weight is 278 g/mol. The molecule has 0 heterocycles. The van der Waals surface area contributed by atoms with Crippen LogP contribution in [0.15, 0.2) is 48.5 Å². The number of rotatable bonds is 5. The standard InChI is InChI=1S/C15H16ClNO2/c1-18-11-6-8-12(9-7-11)19-15(10-17)13-4-2-3-5-14(13)16/h2-9,15H,10,17H2,1H3. The van der Waals surface area contributed by atoms with Gasteiger partial charge in [0.25, 0.3) is 0 Å². The molecule has 1 atom stereocenters. The fourth-order valence-electron chi connectivity index (χ4n) is 1.79. The fraction of sp³-hybridized carbons (Fsp3) is 0.200. The molecule has 2 aromatic rings. The summed E-state index contributed by atoms with van der Waals surface area (Å²) in [5.74, 6) is 1.52. The van der Waals surface area contributed by atoms with Crippen LogP contribution in [0.2, 0.25) is 5.02 Å². The van der Waals surface area contributed by atoms with Crippen molar-refractivity contribution in [2.75, 3.05) is 13.7 Å². The van der Waals surface area contributed by atoms with Crippen molar-refractivity contribution < 1.29 is 9.47 Å². The lowest BCUT2D eigenvalue weighted by Crippen LogP contribution is -2.18. The summed E-state index contributed by atoms with van der Waals surface area (Å²) >= 11 is 6.16. The molecule has 3 nitrogen and oxygen atoms in total. The number of ether oxygens (including phenoxy) is 2. The van der Waals surface area contributed by atoms with Gasteiger partial charge in [0, 0.05) is 17.1 Å². The van der Waals surface area contributed by atoms with E-state index in [1.807, 2.05) is 48.5 Å². The van der Waals surface area contributed by atoms with Crippen molar-refractivity contribution in [2.45, 2.75) is 6.10 Å². The van der Waals surface area contributed by atoms with Crippen LogP contribution in [0.4, 0.5) is 0 Å². The van der Waals surface area contributed by atoms with E-state index in [0.29, 0.717) is 11.6 Å². The van der Waals surface area contributed by atoms with Crippen molar-refractivity contribution in [3.63, 3.8) is 0 Å². The second kappa shape index (κ2) is 6.45. The highest BCUT2D eigenvalue weighted by Crippen LogP contribution is 2.27. The highest BCUT2D eigenvalue weighted by Gasteiger charge is 2.14. The molecule has 0 saturated carbocycles. The summed E-state index contributed by atoms with van der Waals surface area (Å²) < 4.78 is 11.0.